The Labute approximate surface area is 112 Å². The predicted octanol–water partition coefficient (Wildman–Crippen LogP) is 2.29. The first kappa shape index (κ1) is 12.4. The van der Waals surface area contributed by atoms with E-state index in [2.05, 4.69) is 28.4 Å². The summed E-state index contributed by atoms with van der Waals surface area (Å²) in [6.07, 6.45) is 2.07. The van der Waals surface area contributed by atoms with Crippen LogP contribution in [-0.4, -0.2) is 27.7 Å². The van der Waals surface area contributed by atoms with E-state index in [4.69, 9.17) is 10.5 Å². The number of anilines is 1. The first-order chi connectivity index (χ1) is 9.09. The average molecular weight is 260 g/mol. The van der Waals surface area contributed by atoms with E-state index in [1.54, 1.807) is 0 Å². The molecule has 1 aliphatic rings. The fourth-order valence-corrected chi connectivity index (χ4v) is 3.02. The van der Waals surface area contributed by atoms with Crippen molar-refractivity contribution in [2.24, 2.45) is 0 Å². The number of ether oxygens (including phenoxy) is 1. The third-order valence-corrected chi connectivity index (χ3v) is 4.09. The average Bonchev–Trinajstić information content (AvgIpc) is 2.63. The zero-order valence-corrected chi connectivity index (χ0v) is 11.7. The molecular formula is C14H20N4O. The van der Waals surface area contributed by atoms with Crippen molar-refractivity contribution in [2.45, 2.75) is 39.7 Å². The second-order valence-corrected chi connectivity index (χ2v) is 5.28. The van der Waals surface area contributed by atoms with Crippen LogP contribution in [0.4, 0.5) is 5.82 Å². The summed E-state index contributed by atoms with van der Waals surface area (Å²) in [4.78, 5) is 8.92. The predicted molar refractivity (Wildman–Crippen MR) is 75.2 cm³/mol. The molecule has 0 unspecified atom stereocenters. The molecule has 0 aromatic carbocycles. The molecule has 2 aromatic rings. The summed E-state index contributed by atoms with van der Waals surface area (Å²) in [6.45, 7) is 7.77. The number of rotatable bonds is 1. The summed E-state index contributed by atoms with van der Waals surface area (Å²) < 4.78 is 7.79. The Morgan fingerprint density at radius 3 is 2.53 bits per heavy atom. The van der Waals surface area contributed by atoms with Gasteiger partial charge in [0, 0.05) is 24.9 Å². The van der Waals surface area contributed by atoms with Gasteiger partial charge in [-0.2, -0.15) is 0 Å². The van der Waals surface area contributed by atoms with Crippen molar-refractivity contribution >= 4 is 16.9 Å². The summed E-state index contributed by atoms with van der Waals surface area (Å²) in [6, 6.07) is 0.457. The smallest absolute Gasteiger partial charge is 0.146 e. The maximum Gasteiger partial charge on any atom is 0.146 e. The molecule has 0 atom stereocenters. The van der Waals surface area contributed by atoms with Crippen molar-refractivity contribution in [1.29, 1.82) is 0 Å². The van der Waals surface area contributed by atoms with E-state index in [0.29, 0.717) is 11.9 Å². The SMILES string of the molecule is Cc1nc(N)c2c(C)c(C)n(C3CCOCC3)c2n1. The van der Waals surface area contributed by atoms with Crippen LogP contribution in [0.25, 0.3) is 11.0 Å². The molecule has 5 nitrogen and oxygen atoms in total. The molecule has 19 heavy (non-hydrogen) atoms. The lowest BCUT2D eigenvalue weighted by Crippen LogP contribution is -2.20. The van der Waals surface area contributed by atoms with Crippen LogP contribution in [0.5, 0.6) is 0 Å². The van der Waals surface area contributed by atoms with Crippen LogP contribution in [-0.2, 0) is 4.74 Å². The van der Waals surface area contributed by atoms with E-state index in [1.807, 2.05) is 6.92 Å². The standard InChI is InChI=1S/C14H20N4O/c1-8-9(2)18(11-4-6-19-7-5-11)14-12(8)13(15)16-10(3)17-14/h11H,4-7H2,1-3H3,(H2,15,16,17). The van der Waals surface area contributed by atoms with Gasteiger partial charge < -0.3 is 15.0 Å². The molecule has 3 heterocycles. The maximum absolute atomic E-state index is 6.08. The van der Waals surface area contributed by atoms with E-state index in [-0.39, 0.29) is 0 Å². The number of aryl methyl sites for hydroxylation is 2. The van der Waals surface area contributed by atoms with Gasteiger partial charge in [0.15, 0.2) is 0 Å². The lowest BCUT2D eigenvalue weighted by Gasteiger charge is -2.25. The highest BCUT2D eigenvalue weighted by molar-refractivity contribution is 5.91. The van der Waals surface area contributed by atoms with Crippen LogP contribution in [0.15, 0.2) is 0 Å². The second-order valence-electron chi connectivity index (χ2n) is 5.28. The first-order valence-electron chi connectivity index (χ1n) is 6.78. The van der Waals surface area contributed by atoms with Gasteiger partial charge >= 0.3 is 0 Å². The molecule has 102 valence electrons. The Kier molecular flexibility index (Phi) is 2.93. The van der Waals surface area contributed by atoms with Crippen molar-refractivity contribution in [3.63, 3.8) is 0 Å². The highest BCUT2D eigenvalue weighted by Gasteiger charge is 2.23. The van der Waals surface area contributed by atoms with Crippen molar-refractivity contribution < 1.29 is 4.74 Å². The minimum absolute atomic E-state index is 0.457. The van der Waals surface area contributed by atoms with Crippen molar-refractivity contribution in [3.8, 4) is 0 Å². The van der Waals surface area contributed by atoms with E-state index in [0.717, 1.165) is 42.9 Å². The number of nitrogen functional groups attached to an aromatic ring is 1. The number of aromatic nitrogens is 3. The second kappa shape index (κ2) is 4.49. The molecule has 0 spiro atoms. The lowest BCUT2D eigenvalue weighted by atomic mass is 10.1. The van der Waals surface area contributed by atoms with Gasteiger partial charge in [0.1, 0.15) is 17.3 Å². The number of nitrogens with zero attached hydrogens (tertiary/aromatic N) is 3. The Balaban J connectivity index is 2.25. The number of nitrogens with two attached hydrogens (primary N) is 1. The fraction of sp³-hybridized carbons (Fsp3) is 0.571. The zero-order chi connectivity index (χ0) is 13.6. The number of hydrogen-bond acceptors (Lipinski definition) is 4. The zero-order valence-electron chi connectivity index (χ0n) is 11.7. The molecule has 2 aromatic heterocycles. The van der Waals surface area contributed by atoms with Gasteiger partial charge in [0.25, 0.3) is 0 Å². The van der Waals surface area contributed by atoms with E-state index < -0.39 is 0 Å². The summed E-state index contributed by atoms with van der Waals surface area (Å²) >= 11 is 0. The Morgan fingerprint density at radius 1 is 1.16 bits per heavy atom. The van der Waals surface area contributed by atoms with Gasteiger partial charge in [0.2, 0.25) is 0 Å². The topological polar surface area (TPSA) is 66.0 Å². The Hall–Kier alpha value is -1.62. The van der Waals surface area contributed by atoms with Crippen molar-refractivity contribution in [2.75, 3.05) is 18.9 Å². The fourth-order valence-electron chi connectivity index (χ4n) is 3.02. The summed E-state index contributed by atoms with van der Waals surface area (Å²) in [5.41, 5.74) is 9.50. The van der Waals surface area contributed by atoms with Crippen molar-refractivity contribution in [1.82, 2.24) is 14.5 Å². The van der Waals surface area contributed by atoms with E-state index in [1.165, 1.54) is 11.3 Å². The van der Waals surface area contributed by atoms with Gasteiger partial charge in [-0.25, -0.2) is 9.97 Å². The normalized spacial score (nSPS) is 17.2. The van der Waals surface area contributed by atoms with E-state index in [9.17, 15) is 0 Å². The molecule has 0 amide bonds. The largest absolute Gasteiger partial charge is 0.383 e. The van der Waals surface area contributed by atoms with Gasteiger partial charge in [-0.05, 0) is 39.2 Å². The third kappa shape index (κ3) is 1.89. The molecule has 1 saturated heterocycles. The molecule has 0 saturated carbocycles. The maximum atomic E-state index is 6.08. The molecule has 1 fully saturated rings. The molecule has 1 aliphatic heterocycles. The molecule has 0 aliphatic carbocycles. The van der Waals surface area contributed by atoms with Crippen LogP contribution in [0.1, 0.15) is 36.0 Å². The van der Waals surface area contributed by atoms with Crippen LogP contribution in [0.3, 0.4) is 0 Å². The summed E-state index contributed by atoms with van der Waals surface area (Å²) in [5.74, 6) is 1.32. The lowest BCUT2D eigenvalue weighted by molar-refractivity contribution is 0.0701. The summed E-state index contributed by atoms with van der Waals surface area (Å²) in [7, 11) is 0. The number of fused-ring (bicyclic) bond motifs is 1. The highest BCUT2D eigenvalue weighted by Crippen LogP contribution is 2.33. The summed E-state index contributed by atoms with van der Waals surface area (Å²) in [5, 5.41) is 1.01. The minimum atomic E-state index is 0.457. The molecule has 3 rings (SSSR count). The van der Waals surface area contributed by atoms with Gasteiger partial charge in [-0.3, -0.25) is 0 Å². The highest BCUT2D eigenvalue weighted by atomic mass is 16.5. The molecular weight excluding hydrogens is 240 g/mol. The van der Waals surface area contributed by atoms with Crippen molar-refractivity contribution in [3.05, 3.63) is 17.1 Å². The van der Waals surface area contributed by atoms with Gasteiger partial charge in [-0.15, -0.1) is 0 Å². The minimum Gasteiger partial charge on any atom is -0.383 e. The molecule has 0 radical (unpaired) electrons. The Morgan fingerprint density at radius 2 is 1.84 bits per heavy atom. The van der Waals surface area contributed by atoms with Gasteiger partial charge in [-0.1, -0.05) is 0 Å². The number of hydrogen-bond donors (Lipinski definition) is 1. The van der Waals surface area contributed by atoms with E-state index >= 15 is 0 Å². The molecule has 2 N–H and O–H groups in total. The van der Waals surface area contributed by atoms with Gasteiger partial charge in [0.05, 0.1) is 5.39 Å². The monoisotopic (exact) mass is 260 g/mol. The molecule has 5 heteroatoms. The van der Waals surface area contributed by atoms with Crippen LogP contribution in [0.2, 0.25) is 0 Å². The van der Waals surface area contributed by atoms with Crippen LogP contribution in [0, 0.1) is 20.8 Å². The quantitative estimate of drug-likeness (QED) is 0.854. The van der Waals surface area contributed by atoms with Crippen LogP contribution < -0.4 is 5.73 Å². The first-order valence-corrected chi connectivity index (χ1v) is 6.78. The third-order valence-electron chi connectivity index (χ3n) is 4.09. The van der Waals surface area contributed by atoms with Crippen LogP contribution >= 0.6 is 0 Å². The molecule has 0 bridgehead atoms. The Bertz CT molecular complexity index is 626.